The van der Waals surface area contributed by atoms with E-state index in [1.54, 1.807) is 6.07 Å². The van der Waals surface area contributed by atoms with Crippen molar-refractivity contribution >= 4 is 0 Å². The average Bonchev–Trinajstić information content (AvgIpc) is 2.08. The van der Waals surface area contributed by atoms with Crippen LogP contribution in [0.15, 0.2) is 18.2 Å². The van der Waals surface area contributed by atoms with E-state index in [-0.39, 0.29) is 16.9 Å². The third-order valence-corrected chi connectivity index (χ3v) is 3.12. The molecule has 0 saturated heterocycles. The number of benzene rings is 1. The highest BCUT2D eigenvalue weighted by Crippen LogP contribution is 2.38. The number of aromatic hydroxyl groups is 2. The van der Waals surface area contributed by atoms with E-state index in [2.05, 4.69) is 27.7 Å². The zero-order chi connectivity index (χ0) is 10.9. The van der Waals surface area contributed by atoms with Gasteiger partial charge in [-0.05, 0) is 29.5 Å². The second-order valence-corrected chi connectivity index (χ2v) is 4.58. The molecule has 0 amide bonds. The lowest BCUT2D eigenvalue weighted by molar-refractivity contribution is 0.349. The van der Waals surface area contributed by atoms with E-state index in [1.165, 1.54) is 12.1 Å². The van der Waals surface area contributed by atoms with Crippen LogP contribution in [0.4, 0.5) is 0 Å². The van der Waals surface area contributed by atoms with Gasteiger partial charge in [0.25, 0.3) is 0 Å². The van der Waals surface area contributed by atoms with Crippen molar-refractivity contribution < 1.29 is 10.2 Å². The molecule has 1 aromatic rings. The summed E-state index contributed by atoms with van der Waals surface area (Å²) >= 11 is 0. The summed E-state index contributed by atoms with van der Waals surface area (Å²) in [6, 6.07) is 4.67. The molecule has 0 aliphatic carbocycles. The SMILES string of the molecule is CC(C)C(C)(C)c1cc(O)ccc1O. The predicted octanol–water partition coefficient (Wildman–Crippen LogP) is 3.03. The Balaban J connectivity index is 3.24. The van der Waals surface area contributed by atoms with Crippen molar-refractivity contribution in [1.82, 2.24) is 0 Å². The Kier molecular flexibility index (Phi) is 2.74. The molecule has 78 valence electrons. The van der Waals surface area contributed by atoms with Gasteiger partial charge in [0, 0.05) is 5.56 Å². The predicted molar refractivity (Wildman–Crippen MR) is 57.6 cm³/mol. The third kappa shape index (κ3) is 1.84. The van der Waals surface area contributed by atoms with Crippen LogP contribution in [-0.2, 0) is 5.41 Å². The molecule has 0 bridgehead atoms. The van der Waals surface area contributed by atoms with Crippen LogP contribution in [0.1, 0.15) is 33.3 Å². The van der Waals surface area contributed by atoms with Crippen LogP contribution in [0.5, 0.6) is 11.5 Å². The van der Waals surface area contributed by atoms with Crippen LogP contribution in [0.2, 0.25) is 0 Å². The molecule has 0 aliphatic rings. The molecule has 0 radical (unpaired) electrons. The van der Waals surface area contributed by atoms with Gasteiger partial charge in [-0.3, -0.25) is 0 Å². The Labute approximate surface area is 85.2 Å². The maximum atomic E-state index is 9.71. The molecule has 0 saturated carbocycles. The summed E-state index contributed by atoms with van der Waals surface area (Å²) in [5.41, 5.74) is 0.663. The van der Waals surface area contributed by atoms with Crippen LogP contribution < -0.4 is 0 Å². The minimum absolute atomic E-state index is 0.136. The van der Waals surface area contributed by atoms with Gasteiger partial charge in [-0.15, -0.1) is 0 Å². The molecule has 2 heteroatoms. The fourth-order valence-electron chi connectivity index (χ4n) is 1.35. The lowest BCUT2D eigenvalue weighted by atomic mass is 9.75. The topological polar surface area (TPSA) is 40.5 Å². The molecule has 0 unspecified atom stereocenters. The Bertz CT molecular complexity index is 327. The standard InChI is InChI=1S/C12H18O2/c1-8(2)12(3,4)10-7-9(13)5-6-11(10)14/h5-8,13-14H,1-4H3. The molecule has 1 rings (SSSR count). The summed E-state index contributed by atoms with van der Waals surface area (Å²) in [5.74, 6) is 0.850. The summed E-state index contributed by atoms with van der Waals surface area (Å²) in [7, 11) is 0. The molecule has 0 heterocycles. The number of phenolic OH excluding ortho intramolecular Hbond substituents is 2. The fraction of sp³-hybridized carbons (Fsp3) is 0.500. The van der Waals surface area contributed by atoms with Crippen molar-refractivity contribution in [2.45, 2.75) is 33.1 Å². The van der Waals surface area contributed by atoms with Crippen LogP contribution in [0.3, 0.4) is 0 Å². The highest BCUT2D eigenvalue weighted by Gasteiger charge is 2.27. The monoisotopic (exact) mass is 194 g/mol. The molecule has 0 aromatic heterocycles. The van der Waals surface area contributed by atoms with E-state index < -0.39 is 0 Å². The van der Waals surface area contributed by atoms with Crippen molar-refractivity contribution in [3.8, 4) is 11.5 Å². The van der Waals surface area contributed by atoms with Crippen molar-refractivity contribution in [2.75, 3.05) is 0 Å². The Morgan fingerprint density at radius 1 is 1.14 bits per heavy atom. The van der Waals surface area contributed by atoms with Gasteiger partial charge in [0.15, 0.2) is 0 Å². The second-order valence-electron chi connectivity index (χ2n) is 4.58. The summed E-state index contributed by atoms with van der Waals surface area (Å²) in [6.07, 6.45) is 0. The first-order chi connectivity index (χ1) is 6.35. The van der Waals surface area contributed by atoms with E-state index >= 15 is 0 Å². The smallest absolute Gasteiger partial charge is 0.119 e. The minimum Gasteiger partial charge on any atom is -0.508 e. The van der Waals surface area contributed by atoms with E-state index in [0.29, 0.717) is 5.92 Å². The Hall–Kier alpha value is -1.18. The lowest BCUT2D eigenvalue weighted by Crippen LogP contribution is -2.24. The van der Waals surface area contributed by atoms with E-state index in [9.17, 15) is 10.2 Å². The molecule has 1 aromatic carbocycles. The van der Waals surface area contributed by atoms with Crippen LogP contribution >= 0.6 is 0 Å². The van der Waals surface area contributed by atoms with Gasteiger partial charge in [0.05, 0.1) is 0 Å². The second kappa shape index (κ2) is 3.52. The quantitative estimate of drug-likeness (QED) is 0.710. The maximum absolute atomic E-state index is 9.71. The van der Waals surface area contributed by atoms with E-state index in [1.807, 2.05) is 0 Å². The number of hydrogen-bond donors (Lipinski definition) is 2. The van der Waals surface area contributed by atoms with Crippen molar-refractivity contribution in [3.63, 3.8) is 0 Å². The molecular weight excluding hydrogens is 176 g/mol. The average molecular weight is 194 g/mol. The van der Waals surface area contributed by atoms with Gasteiger partial charge >= 0.3 is 0 Å². The molecule has 0 atom stereocenters. The van der Waals surface area contributed by atoms with Gasteiger partial charge in [-0.2, -0.15) is 0 Å². The van der Waals surface area contributed by atoms with Crippen LogP contribution in [0.25, 0.3) is 0 Å². The minimum atomic E-state index is -0.136. The molecule has 0 spiro atoms. The van der Waals surface area contributed by atoms with Crippen LogP contribution in [0, 0.1) is 5.92 Å². The molecule has 0 aliphatic heterocycles. The number of rotatable bonds is 2. The zero-order valence-electron chi connectivity index (χ0n) is 9.20. The maximum Gasteiger partial charge on any atom is 0.119 e. The van der Waals surface area contributed by atoms with Crippen LogP contribution in [-0.4, -0.2) is 10.2 Å². The summed E-state index contributed by atoms with van der Waals surface area (Å²) in [4.78, 5) is 0. The normalized spacial score (nSPS) is 12.1. The third-order valence-electron chi connectivity index (χ3n) is 3.12. The number of phenols is 2. The van der Waals surface area contributed by atoms with Gasteiger partial charge < -0.3 is 10.2 Å². The van der Waals surface area contributed by atoms with Crippen molar-refractivity contribution in [2.24, 2.45) is 5.92 Å². The number of hydrogen-bond acceptors (Lipinski definition) is 2. The van der Waals surface area contributed by atoms with E-state index in [4.69, 9.17) is 0 Å². The first kappa shape index (κ1) is 10.9. The summed E-state index contributed by atoms with van der Waals surface area (Å²) in [5, 5.41) is 19.1. The molecular formula is C12H18O2. The molecule has 0 fully saturated rings. The molecule has 2 nitrogen and oxygen atoms in total. The largest absolute Gasteiger partial charge is 0.508 e. The summed E-state index contributed by atoms with van der Waals surface area (Å²) in [6.45, 7) is 8.32. The van der Waals surface area contributed by atoms with Gasteiger partial charge in [0.2, 0.25) is 0 Å². The van der Waals surface area contributed by atoms with E-state index in [0.717, 1.165) is 5.56 Å². The Morgan fingerprint density at radius 2 is 1.71 bits per heavy atom. The van der Waals surface area contributed by atoms with Gasteiger partial charge in [-0.25, -0.2) is 0 Å². The zero-order valence-corrected chi connectivity index (χ0v) is 9.20. The van der Waals surface area contributed by atoms with Gasteiger partial charge in [0.1, 0.15) is 11.5 Å². The Morgan fingerprint density at radius 3 is 2.21 bits per heavy atom. The molecule has 14 heavy (non-hydrogen) atoms. The van der Waals surface area contributed by atoms with Gasteiger partial charge in [-0.1, -0.05) is 27.7 Å². The lowest BCUT2D eigenvalue weighted by Gasteiger charge is -2.30. The first-order valence-electron chi connectivity index (χ1n) is 4.88. The first-order valence-corrected chi connectivity index (χ1v) is 4.88. The fourth-order valence-corrected chi connectivity index (χ4v) is 1.35. The van der Waals surface area contributed by atoms with Crippen molar-refractivity contribution in [1.29, 1.82) is 0 Å². The highest BCUT2D eigenvalue weighted by molar-refractivity contribution is 5.43. The highest BCUT2D eigenvalue weighted by atomic mass is 16.3. The molecule has 2 N–H and O–H groups in total. The van der Waals surface area contributed by atoms with Crippen molar-refractivity contribution in [3.05, 3.63) is 23.8 Å². The summed E-state index contributed by atoms with van der Waals surface area (Å²) < 4.78 is 0.